The molecule has 0 aromatic heterocycles. The van der Waals surface area contributed by atoms with Gasteiger partial charge >= 0.3 is 19.0 Å². The zero-order chi connectivity index (χ0) is 12.6. The van der Waals surface area contributed by atoms with Crippen molar-refractivity contribution in [2.75, 3.05) is 21.1 Å². The van der Waals surface area contributed by atoms with E-state index in [1.807, 2.05) is 30.3 Å². The molecule has 0 atom stereocenters. The minimum atomic E-state index is -0.340. The van der Waals surface area contributed by atoms with E-state index >= 15 is 0 Å². The van der Waals surface area contributed by atoms with Crippen LogP contribution in [0.15, 0.2) is 30.3 Å². The van der Waals surface area contributed by atoms with E-state index in [0.29, 0.717) is 0 Å². The molecule has 0 aliphatic carbocycles. The Morgan fingerprint density at radius 2 is 1.35 bits per heavy atom. The third-order valence-corrected chi connectivity index (χ3v) is 3.01. The van der Waals surface area contributed by atoms with Crippen LogP contribution in [0.2, 0.25) is 0 Å². The van der Waals surface area contributed by atoms with Gasteiger partial charge in [0.25, 0.3) is 0 Å². The average Bonchev–Trinajstić information content (AvgIpc) is 2.36. The number of hydrogen-bond acceptors (Lipinski definition) is 2. The summed E-state index contributed by atoms with van der Waals surface area (Å²) in [6, 6.07) is 8.92. The minimum absolute atomic E-state index is 0.290. The fourth-order valence-electron chi connectivity index (χ4n) is 2.10. The van der Waals surface area contributed by atoms with Crippen molar-refractivity contribution in [2.24, 2.45) is 0 Å². The minimum Gasteiger partial charge on any atom is -0.346 e. The number of carbonyl (C=O) groups excluding carboxylic acids is 2. The predicted octanol–water partition coefficient (Wildman–Crippen LogP) is 0.431. The van der Waals surface area contributed by atoms with Crippen LogP contribution in [0.25, 0.3) is 0 Å². The standard InChI is InChI=1S/C11H14BN3O2/c1-13-10(16)14(2)12(15(3)11(13)17)9-7-5-4-6-8-9/h4-8H,1-3H3. The zero-order valence-corrected chi connectivity index (χ0v) is 10.1. The van der Waals surface area contributed by atoms with Gasteiger partial charge in [0, 0.05) is 21.1 Å². The van der Waals surface area contributed by atoms with Crippen LogP contribution >= 0.6 is 0 Å². The molecule has 1 aliphatic rings. The molecule has 1 heterocycles. The first-order chi connectivity index (χ1) is 8.04. The van der Waals surface area contributed by atoms with Gasteiger partial charge in [0.1, 0.15) is 0 Å². The Morgan fingerprint density at radius 3 is 1.82 bits per heavy atom. The number of urea groups is 2. The third-order valence-electron chi connectivity index (χ3n) is 3.01. The summed E-state index contributed by atoms with van der Waals surface area (Å²) in [6.45, 7) is -0.340. The molecule has 5 nitrogen and oxygen atoms in total. The normalized spacial score (nSPS) is 16.9. The second-order valence-corrected chi connectivity index (χ2v) is 4.13. The van der Waals surface area contributed by atoms with Gasteiger partial charge < -0.3 is 9.62 Å². The van der Waals surface area contributed by atoms with Crippen molar-refractivity contribution in [1.82, 2.24) is 14.5 Å². The maximum atomic E-state index is 11.9. The van der Waals surface area contributed by atoms with Crippen molar-refractivity contribution in [1.29, 1.82) is 0 Å². The van der Waals surface area contributed by atoms with E-state index < -0.39 is 0 Å². The monoisotopic (exact) mass is 231 g/mol. The van der Waals surface area contributed by atoms with Gasteiger partial charge in [0.05, 0.1) is 0 Å². The fraction of sp³-hybridized carbons (Fsp3) is 0.273. The molecule has 0 radical (unpaired) electrons. The zero-order valence-electron chi connectivity index (χ0n) is 10.1. The summed E-state index contributed by atoms with van der Waals surface area (Å²) >= 11 is 0. The number of hydrogen-bond donors (Lipinski definition) is 0. The summed E-state index contributed by atoms with van der Waals surface area (Å²) in [5.41, 5.74) is 0.923. The van der Waals surface area contributed by atoms with E-state index in [9.17, 15) is 9.59 Å². The molecule has 1 aromatic carbocycles. The van der Waals surface area contributed by atoms with Gasteiger partial charge in [-0.1, -0.05) is 30.3 Å². The molecule has 0 N–H and O–H groups in total. The Morgan fingerprint density at radius 1 is 0.882 bits per heavy atom. The highest BCUT2D eigenvalue weighted by Crippen LogP contribution is 2.11. The van der Waals surface area contributed by atoms with E-state index in [2.05, 4.69) is 0 Å². The Hall–Kier alpha value is -1.98. The average molecular weight is 231 g/mol. The Kier molecular flexibility index (Phi) is 2.79. The van der Waals surface area contributed by atoms with Crippen LogP contribution < -0.4 is 5.46 Å². The lowest BCUT2D eigenvalue weighted by molar-refractivity contribution is 0.163. The van der Waals surface area contributed by atoms with E-state index in [1.54, 1.807) is 23.7 Å². The topological polar surface area (TPSA) is 43.9 Å². The van der Waals surface area contributed by atoms with Crippen LogP contribution in [-0.2, 0) is 0 Å². The van der Waals surface area contributed by atoms with E-state index in [0.717, 1.165) is 10.4 Å². The van der Waals surface area contributed by atoms with Crippen molar-refractivity contribution in [3.05, 3.63) is 30.3 Å². The van der Waals surface area contributed by atoms with Crippen LogP contribution in [0.3, 0.4) is 0 Å². The first-order valence-electron chi connectivity index (χ1n) is 5.36. The lowest BCUT2D eigenvalue weighted by Gasteiger charge is -2.40. The molecular weight excluding hydrogens is 217 g/mol. The highest BCUT2D eigenvalue weighted by atomic mass is 16.2. The van der Waals surface area contributed by atoms with Gasteiger partial charge in [-0.3, -0.25) is 4.90 Å². The Bertz CT molecular complexity index is 429. The molecule has 88 valence electrons. The number of nitrogens with zero attached hydrogens (tertiary/aromatic N) is 3. The maximum absolute atomic E-state index is 11.9. The maximum Gasteiger partial charge on any atom is 0.418 e. The molecule has 0 saturated carbocycles. The number of amides is 4. The molecule has 2 rings (SSSR count). The van der Waals surface area contributed by atoms with Crippen LogP contribution in [0.1, 0.15) is 0 Å². The molecule has 4 amide bonds. The van der Waals surface area contributed by atoms with Crippen LogP contribution in [0.4, 0.5) is 9.59 Å². The molecule has 0 bridgehead atoms. The van der Waals surface area contributed by atoms with Crippen LogP contribution in [0, 0.1) is 0 Å². The quantitative estimate of drug-likeness (QED) is 0.658. The Balaban J connectivity index is 2.40. The predicted molar refractivity (Wildman–Crippen MR) is 65.9 cm³/mol. The molecule has 1 fully saturated rings. The second-order valence-electron chi connectivity index (χ2n) is 4.13. The third kappa shape index (κ3) is 1.75. The van der Waals surface area contributed by atoms with Crippen LogP contribution in [0.5, 0.6) is 0 Å². The molecule has 1 aromatic rings. The Labute approximate surface area is 101 Å². The van der Waals surface area contributed by atoms with Gasteiger partial charge in [0.2, 0.25) is 0 Å². The van der Waals surface area contributed by atoms with Crippen molar-refractivity contribution >= 4 is 24.5 Å². The van der Waals surface area contributed by atoms with Gasteiger partial charge in [-0.2, -0.15) is 0 Å². The second kappa shape index (κ2) is 4.12. The first-order valence-corrected chi connectivity index (χ1v) is 5.36. The lowest BCUT2D eigenvalue weighted by Crippen LogP contribution is -2.69. The van der Waals surface area contributed by atoms with Crippen LogP contribution in [-0.4, -0.2) is 54.7 Å². The summed E-state index contributed by atoms with van der Waals surface area (Å²) in [6.07, 6.45) is 0. The van der Waals surface area contributed by atoms with Gasteiger partial charge in [-0.05, 0) is 5.46 Å². The first kappa shape index (κ1) is 11.5. The number of benzene rings is 1. The smallest absolute Gasteiger partial charge is 0.346 e. The number of carbonyl (C=O) groups is 2. The van der Waals surface area contributed by atoms with E-state index in [4.69, 9.17) is 0 Å². The summed E-state index contributed by atoms with van der Waals surface area (Å²) in [4.78, 5) is 28.0. The molecular formula is C11H14BN3O2. The molecule has 6 heteroatoms. The van der Waals surface area contributed by atoms with Crippen molar-refractivity contribution < 1.29 is 9.59 Å². The largest absolute Gasteiger partial charge is 0.418 e. The number of imide groups is 1. The highest BCUT2D eigenvalue weighted by molar-refractivity contribution is 6.73. The summed E-state index contributed by atoms with van der Waals surface area (Å²) in [5, 5.41) is 0. The van der Waals surface area contributed by atoms with Crippen molar-refractivity contribution in [3.63, 3.8) is 0 Å². The SMILES string of the molecule is CN1B(c2ccccc2)N(C)C(=O)N(C)C1=O. The molecule has 17 heavy (non-hydrogen) atoms. The van der Waals surface area contributed by atoms with Gasteiger partial charge in [-0.25, -0.2) is 9.59 Å². The lowest BCUT2D eigenvalue weighted by atomic mass is 9.64. The molecule has 1 aliphatic heterocycles. The van der Waals surface area contributed by atoms with Gasteiger partial charge in [0.15, 0.2) is 0 Å². The molecule has 1 saturated heterocycles. The summed E-state index contributed by atoms with van der Waals surface area (Å²) < 4.78 is 0. The summed E-state index contributed by atoms with van der Waals surface area (Å²) in [5.74, 6) is 0. The number of rotatable bonds is 1. The van der Waals surface area contributed by atoms with Crippen molar-refractivity contribution in [2.45, 2.75) is 0 Å². The van der Waals surface area contributed by atoms with E-state index in [1.165, 1.54) is 7.05 Å². The van der Waals surface area contributed by atoms with E-state index in [-0.39, 0.29) is 19.0 Å². The molecule has 0 spiro atoms. The molecule has 0 unspecified atom stereocenters. The van der Waals surface area contributed by atoms with Gasteiger partial charge in [-0.15, -0.1) is 0 Å². The fourth-order valence-corrected chi connectivity index (χ4v) is 2.10. The highest BCUT2D eigenvalue weighted by Gasteiger charge is 2.43. The van der Waals surface area contributed by atoms with Crippen molar-refractivity contribution in [3.8, 4) is 0 Å². The summed E-state index contributed by atoms with van der Waals surface area (Å²) in [7, 11) is 4.87.